The Kier molecular flexibility index (Phi) is 2.88. The van der Waals surface area contributed by atoms with Gasteiger partial charge in [-0.05, 0) is 17.7 Å². The minimum absolute atomic E-state index is 0.492. The van der Waals surface area contributed by atoms with E-state index < -0.39 is 0 Å². The zero-order valence-corrected chi connectivity index (χ0v) is 8.79. The number of alkyl halides is 1. The van der Waals surface area contributed by atoms with Crippen molar-refractivity contribution >= 4 is 34.9 Å². The number of benzene rings is 1. The van der Waals surface area contributed by atoms with Crippen LogP contribution in [0.2, 0.25) is 0 Å². The Bertz CT molecular complexity index is 513. The van der Waals surface area contributed by atoms with Crippen LogP contribution in [-0.2, 0) is 0 Å². The lowest BCUT2D eigenvalue weighted by atomic mass is 10.1. The third-order valence-electron chi connectivity index (χ3n) is 2.26. The van der Waals surface area contributed by atoms with E-state index in [1.165, 1.54) is 0 Å². The third-order valence-corrected chi connectivity index (χ3v) is 2.44. The molecule has 0 saturated heterocycles. The summed E-state index contributed by atoms with van der Waals surface area (Å²) in [5, 5.41) is 0.946. The minimum Gasteiger partial charge on any atom is -0.360 e. The van der Waals surface area contributed by atoms with Gasteiger partial charge >= 0.3 is 0 Å². The fraction of sp³-hybridized carbons (Fsp3) is 0.0833. The molecule has 0 fully saturated rings. The Labute approximate surface area is 92.6 Å². The van der Waals surface area contributed by atoms with Crippen LogP contribution < -0.4 is 0 Å². The van der Waals surface area contributed by atoms with Crippen LogP contribution in [-0.4, -0.2) is 17.2 Å². The minimum atomic E-state index is 0.492. The lowest BCUT2D eigenvalue weighted by Gasteiger charge is -1.94. The quantitative estimate of drug-likeness (QED) is 0.624. The van der Waals surface area contributed by atoms with E-state index in [9.17, 15) is 4.79 Å². The van der Waals surface area contributed by atoms with E-state index in [-0.39, 0.29) is 0 Å². The molecule has 0 aliphatic rings. The average Bonchev–Trinajstić information content (AvgIpc) is 2.68. The molecule has 0 amide bonds. The van der Waals surface area contributed by atoms with Crippen molar-refractivity contribution in [1.82, 2.24) is 4.98 Å². The van der Waals surface area contributed by atoms with Gasteiger partial charge in [0.25, 0.3) is 0 Å². The van der Waals surface area contributed by atoms with Crippen LogP contribution in [0.4, 0.5) is 0 Å². The molecule has 0 atom stereocenters. The van der Waals surface area contributed by atoms with Crippen molar-refractivity contribution in [1.29, 1.82) is 0 Å². The number of nitrogens with one attached hydrogen (secondary N) is 1. The second-order valence-corrected chi connectivity index (χ2v) is 3.53. The van der Waals surface area contributed by atoms with Crippen LogP contribution in [0.5, 0.6) is 0 Å². The van der Waals surface area contributed by atoms with Crippen LogP contribution >= 0.6 is 11.6 Å². The van der Waals surface area contributed by atoms with E-state index in [2.05, 4.69) is 4.98 Å². The van der Waals surface area contributed by atoms with Gasteiger partial charge < -0.3 is 4.98 Å². The van der Waals surface area contributed by atoms with Crippen molar-refractivity contribution in [3.63, 3.8) is 0 Å². The fourth-order valence-corrected chi connectivity index (χ4v) is 1.63. The number of aromatic nitrogens is 1. The van der Waals surface area contributed by atoms with Crippen molar-refractivity contribution < 1.29 is 4.79 Å². The van der Waals surface area contributed by atoms with Gasteiger partial charge in [0.05, 0.1) is 0 Å². The molecule has 1 aromatic carbocycles. The molecule has 0 bridgehead atoms. The maximum absolute atomic E-state index is 10.7. The Morgan fingerprint density at radius 2 is 2.27 bits per heavy atom. The summed E-state index contributed by atoms with van der Waals surface area (Å²) in [6, 6.07) is 5.91. The van der Waals surface area contributed by atoms with Gasteiger partial charge in [0.15, 0.2) is 6.29 Å². The summed E-state index contributed by atoms with van der Waals surface area (Å²) in [6.07, 6.45) is 6.38. The molecule has 1 N–H and O–H groups in total. The Hall–Kier alpha value is -1.54. The maximum atomic E-state index is 10.7. The second-order valence-electron chi connectivity index (χ2n) is 3.22. The molecule has 0 unspecified atom stereocenters. The summed E-state index contributed by atoms with van der Waals surface area (Å²) in [5.41, 5.74) is 2.71. The molecule has 15 heavy (non-hydrogen) atoms. The molecule has 76 valence electrons. The molecule has 2 nitrogen and oxygen atoms in total. The molecule has 2 aromatic rings. The van der Waals surface area contributed by atoms with Crippen molar-refractivity contribution in [2.24, 2.45) is 0 Å². The van der Waals surface area contributed by atoms with Gasteiger partial charge in [0, 0.05) is 28.5 Å². The van der Waals surface area contributed by atoms with E-state index in [1.54, 1.807) is 6.20 Å². The fourth-order valence-electron chi connectivity index (χ4n) is 1.54. The number of halogens is 1. The average molecular weight is 220 g/mol. The summed E-state index contributed by atoms with van der Waals surface area (Å²) >= 11 is 5.56. The highest BCUT2D eigenvalue weighted by Crippen LogP contribution is 2.19. The largest absolute Gasteiger partial charge is 0.360 e. The van der Waals surface area contributed by atoms with Gasteiger partial charge in [0.2, 0.25) is 0 Å². The zero-order chi connectivity index (χ0) is 10.7. The number of hydrogen-bond donors (Lipinski definition) is 1. The molecule has 1 heterocycles. The van der Waals surface area contributed by atoms with Crippen molar-refractivity contribution in [3.05, 3.63) is 41.6 Å². The first-order valence-electron chi connectivity index (χ1n) is 4.64. The number of H-pyrrole nitrogens is 1. The normalized spacial score (nSPS) is 11.3. The van der Waals surface area contributed by atoms with E-state index in [0.717, 1.165) is 22.8 Å². The number of aromatic amines is 1. The van der Waals surface area contributed by atoms with Gasteiger partial charge in [-0.2, -0.15) is 0 Å². The molecule has 3 heteroatoms. The highest BCUT2D eigenvalue weighted by molar-refractivity contribution is 6.19. The van der Waals surface area contributed by atoms with Crippen molar-refractivity contribution in [2.45, 2.75) is 0 Å². The molecular weight excluding hydrogens is 210 g/mol. The highest BCUT2D eigenvalue weighted by atomic mass is 35.5. The number of carbonyl (C=O) groups is 1. The van der Waals surface area contributed by atoms with Crippen LogP contribution in [0.3, 0.4) is 0 Å². The van der Waals surface area contributed by atoms with Gasteiger partial charge in [-0.1, -0.05) is 18.2 Å². The van der Waals surface area contributed by atoms with E-state index in [1.807, 2.05) is 30.4 Å². The summed E-state index contributed by atoms with van der Waals surface area (Å²) in [6.45, 7) is 0. The first-order valence-corrected chi connectivity index (χ1v) is 5.17. The van der Waals surface area contributed by atoms with Crippen LogP contribution in [0, 0.1) is 0 Å². The number of carbonyl (C=O) groups excluding carboxylic acids is 1. The number of hydrogen-bond acceptors (Lipinski definition) is 1. The monoisotopic (exact) mass is 219 g/mol. The predicted octanol–water partition coefficient (Wildman–Crippen LogP) is 3.23. The van der Waals surface area contributed by atoms with E-state index in [0.29, 0.717) is 11.4 Å². The summed E-state index contributed by atoms with van der Waals surface area (Å²) in [7, 11) is 0. The maximum Gasteiger partial charge on any atom is 0.152 e. The first kappa shape index (κ1) is 9.99. The molecule has 2 rings (SSSR count). The molecule has 0 spiro atoms. The van der Waals surface area contributed by atoms with Crippen molar-refractivity contribution in [3.8, 4) is 0 Å². The summed E-state index contributed by atoms with van der Waals surface area (Å²) in [5.74, 6) is 0.492. The third kappa shape index (κ3) is 1.95. The smallest absolute Gasteiger partial charge is 0.152 e. The molecule has 0 aliphatic heterocycles. The van der Waals surface area contributed by atoms with Gasteiger partial charge in [-0.15, -0.1) is 11.6 Å². The Morgan fingerprint density at radius 3 is 3.00 bits per heavy atom. The SMILES string of the molecule is O=Cc1c[nH]c2ccc(C=CCCl)cc12. The van der Waals surface area contributed by atoms with Crippen LogP contribution in [0.15, 0.2) is 30.5 Å². The highest BCUT2D eigenvalue weighted by Gasteiger charge is 2.01. The number of fused-ring (bicyclic) bond motifs is 1. The van der Waals surface area contributed by atoms with Gasteiger partial charge in [0.1, 0.15) is 0 Å². The lowest BCUT2D eigenvalue weighted by Crippen LogP contribution is -1.77. The van der Waals surface area contributed by atoms with E-state index >= 15 is 0 Å². The number of aldehydes is 1. The Balaban J connectivity index is 2.52. The standard InChI is InChI=1S/C12H10ClNO/c13-5-1-2-9-3-4-12-11(6-9)10(8-15)7-14-12/h1-4,6-8,14H,5H2. The zero-order valence-electron chi connectivity index (χ0n) is 8.03. The number of rotatable bonds is 3. The van der Waals surface area contributed by atoms with Crippen LogP contribution in [0.1, 0.15) is 15.9 Å². The second kappa shape index (κ2) is 4.32. The summed E-state index contributed by atoms with van der Waals surface area (Å²) < 4.78 is 0. The number of allylic oxidation sites excluding steroid dienone is 1. The van der Waals surface area contributed by atoms with Gasteiger partial charge in [-0.3, -0.25) is 4.79 Å². The summed E-state index contributed by atoms with van der Waals surface area (Å²) in [4.78, 5) is 13.8. The van der Waals surface area contributed by atoms with Gasteiger partial charge in [-0.25, -0.2) is 0 Å². The lowest BCUT2D eigenvalue weighted by molar-refractivity contribution is 0.112. The van der Waals surface area contributed by atoms with Crippen LogP contribution in [0.25, 0.3) is 17.0 Å². The Morgan fingerprint density at radius 1 is 1.40 bits per heavy atom. The molecular formula is C12H10ClNO. The van der Waals surface area contributed by atoms with E-state index in [4.69, 9.17) is 11.6 Å². The van der Waals surface area contributed by atoms with Crippen molar-refractivity contribution in [2.75, 3.05) is 5.88 Å². The first-order chi connectivity index (χ1) is 7.35. The molecule has 0 aliphatic carbocycles. The molecule has 0 radical (unpaired) electrons. The molecule has 0 saturated carbocycles. The topological polar surface area (TPSA) is 32.9 Å². The predicted molar refractivity (Wildman–Crippen MR) is 63.4 cm³/mol. The molecule has 1 aromatic heterocycles.